The molecule has 1 atom stereocenters. The van der Waals surface area contributed by atoms with Gasteiger partial charge in [-0.05, 0) is 31.5 Å². The predicted octanol–water partition coefficient (Wildman–Crippen LogP) is 4.16. The Morgan fingerprint density at radius 2 is 1.76 bits per heavy atom. The molecule has 1 aliphatic heterocycles. The first-order valence-electron chi connectivity index (χ1n) is 9.73. The average molecular weight is 405 g/mol. The zero-order valence-electron chi connectivity index (χ0n) is 16.7. The summed E-state index contributed by atoms with van der Waals surface area (Å²) in [4.78, 5) is 16.9. The average Bonchev–Trinajstić information content (AvgIpc) is 2.67. The summed E-state index contributed by atoms with van der Waals surface area (Å²) in [7, 11) is 0. The number of nitrogens with one attached hydrogen (secondary N) is 1. The van der Waals surface area contributed by atoms with Crippen LogP contribution in [0.3, 0.4) is 0 Å². The molecule has 0 radical (unpaired) electrons. The first kappa shape index (κ1) is 21.3. The molecular weight excluding hydrogens is 379 g/mol. The first-order chi connectivity index (χ1) is 13.7. The molecule has 1 fully saturated rings. The van der Waals surface area contributed by atoms with E-state index in [4.69, 9.17) is 0 Å². The van der Waals surface area contributed by atoms with E-state index in [2.05, 4.69) is 35.3 Å². The van der Waals surface area contributed by atoms with Gasteiger partial charge < -0.3 is 5.32 Å². The van der Waals surface area contributed by atoms with Crippen LogP contribution in [0.1, 0.15) is 23.6 Å². The van der Waals surface area contributed by atoms with Gasteiger partial charge in [0, 0.05) is 32.7 Å². The summed E-state index contributed by atoms with van der Waals surface area (Å²) in [6.07, 6.45) is -4.51. The zero-order valence-corrected chi connectivity index (χ0v) is 16.7. The Morgan fingerprint density at radius 1 is 1.07 bits per heavy atom. The molecule has 0 aliphatic carbocycles. The summed E-state index contributed by atoms with van der Waals surface area (Å²) in [6.45, 7) is 7.67. The number of carbonyl (C=O) groups excluding carboxylic acids is 1. The van der Waals surface area contributed by atoms with Gasteiger partial charge in [-0.3, -0.25) is 14.6 Å². The quantitative estimate of drug-likeness (QED) is 0.812. The van der Waals surface area contributed by atoms with Gasteiger partial charge in [-0.1, -0.05) is 42.0 Å². The number of anilines is 1. The number of alkyl halides is 3. The molecule has 156 valence electrons. The van der Waals surface area contributed by atoms with Crippen LogP contribution in [0.5, 0.6) is 0 Å². The molecule has 7 heteroatoms. The van der Waals surface area contributed by atoms with Crippen molar-refractivity contribution in [1.29, 1.82) is 0 Å². The van der Waals surface area contributed by atoms with Gasteiger partial charge in [0.1, 0.15) is 0 Å². The zero-order chi connectivity index (χ0) is 21.0. The predicted molar refractivity (Wildman–Crippen MR) is 108 cm³/mol. The molecule has 1 unspecified atom stereocenters. The summed E-state index contributed by atoms with van der Waals surface area (Å²) < 4.78 is 39.4. The lowest BCUT2D eigenvalue weighted by Crippen LogP contribution is -2.52. The number of rotatable bonds is 5. The second-order valence-electron chi connectivity index (χ2n) is 7.51. The highest BCUT2D eigenvalue weighted by atomic mass is 19.4. The Hall–Kier alpha value is -2.38. The van der Waals surface area contributed by atoms with Crippen molar-refractivity contribution in [2.24, 2.45) is 0 Å². The molecule has 1 N–H and O–H groups in total. The van der Waals surface area contributed by atoms with Crippen molar-refractivity contribution in [3.05, 3.63) is 65.2 Å². The van der Waals surface area contributed by atoms with Crippen molar-refractivity contribution < 1.29 is 18.0 Å². The Labute approximate surface area is 169 Å². The molecule has 3 rings (SSSR count). The van der Waals surface area contributed by atoms with Crippen LogP contribution in [0.4, 0.5) is 18.9 Å². The number of piperazine rings is 1. The molecule has 29 heavy (non-hydrogen) atoms. The van der Waals surface area contributed by atoms with Crippen molar-refractivity contribution in [1.82, 2.24) is 9.80 Å². The molecule has 1 saturated heterocycles. The van der Waals surface area contributed by atoms with Gasteiger partial charge in [0.25, 0.3) is 0 Å². The summed E-state index contributed by atoms with van der Waals surface area (Å²) >= 11 is 0. The van der Waals surface area contributed by atoms with Gasteiger partial charge in [0.15, 0.2) is 0 Å². The molecule has 0 aromatic heterocycles. The van der Waals surface area contributed by atoms with Crippen LogP contribution in [-0.2, 0) is 17.5 Å². The molecule has 1 heterocycles. The Balaban J connectivity index is 1.55. The minimum absolute atomic E-state index is 0.199. The molecule has 2 aromatic carbocycles. The maximum atomic E-state index is 13.1. The van der Waals surface area contributed by atoms with E-state index in [0.717, 1.165) is 25.7 Å². The maximum absolute atomic E-state index is 13.1. The third-order valence-corrected chi connectivity index (χ3v) is 5.31. The van der Waals surface area contributed by atoms with E-state index in [9.17, 15) is 18.0 Å². The summed E-state index contributed by atoms with van der Waals surface area (Å²) in [5, 5.41) is 2.46. The number of aryl methyl sites for hydroxylation is 1. The number of hydrogen-bond acceptors (Lipinski definition) is 3. The molecule has 4 nitrogen and oxygen atoms in total. The van der Waals surface area contributed by atoms with Gasteiger partial charge >= 0.3 is 6.18 Å². The van der Waals surface area contributed by atoms with Crippen molar-refractivity contribution in [3.8, 4) is 0 Å². The van der Waals surface area contributed by atoms with E-state index in [0.29, 0.717) is 13.1 Å². The normalized spacial score (nSPS) is 17.1. The molecule has 2 aromatic rings. The van der Waals surface area contributed by atoms with E-state index in [1.165, 1.54) is 29.3 Å². The van der Waals surface area contributed by atoms with Crippen molar-refractivity contribution in [2.75, 3.05) is 31.5 Å². The van der Waals surface area contributed by atoms with E-state index < -0.39 is 23.7 Å². The summed E-state index contributed by atoms with van der Waals surface area (Å²) in [5.74, 6) is -0.422. The van der Waals surface area contributed by atoms with Crippen LogP contribution in [-0.4, -0.2) is 47.9 Å². The Bertz CT molecular complexity index is 845. The van der Waals surface area contributed by atoms with Crippen LogP contribution in [0, 0.1) is 6.92 Å². The number of nitrogens with zero attached hydrogens (tertiary/aromatic N) is 2. The molecule has 1 amide bonds. The highest BCUT2D eigenvalue weighted by Gasteiger charge is 2.34. The number of halogens is 3. The number of carbonyl (C=O) groups is 1. The van der Waals surface area contributed by atoms with E-state index in [1.54, 1.807) is 6.92 Å². The second-order valence-corrected chi connectivity index (χ2v) is 7.51. The number of amides is 1. The Morgan fingerprint density at radius 3 is 2.41 bits per heavy atom. The van der Waals surface area contributed by atoms with Gasteiger partial charge in [-0.2, -0.15) is 13.2 Å². The summed E-state index contributed by atoms with van der Waals surface area (Å²) in [5.41, 5.74) is 1.46. The van der Waals surface area contributed by atoms with Gasteiger partial charge in [0.2, 0.25) is 5.91 Å². The van der Waals surface area contributed by atoms with Gasteiger partial charge in [-0.25, -0.2) is 0 Å². The van der Waals surface area contributed by atoms with Crippen molar-refractivity contribution in [2.45, 2.75) is 32.6 Å². The van der Waals surface area contributed by atoms with Crippen molar-refractivity contribution >= 4 is 11.6 Å². The van der Waals surface area contributed by atoms with Crippen LogP contribution in [0.2, 0.25) is 0 Å². The largest absolute Gasteiger partial charge is 0.418 e. The van der Waals surface area contributed by atoms with Crippen molar-refractivity contribution in [3.63, 3.8) is 0 Å². The second kappa shape index (κ2) is 8.97. The third kappa shape index (κ3) is 5.58. The van der Waals surface area contributed by atoms with Crippen LogP contribution >= 0.6 is 0 Å². The Kier molecular flexibility index (Phi) is 6.59. The molecule has 0 bridgehead atoms. The highest BCUT2D eigenvalue weighted by molar-refractivity contribution is 5.95. The standard InChI is InChI=1S/C22H26F3N3O/c1-16-6-5-7-18(14-16)15-27-10-12-28(13-11-27)17(2)21(29)26-20-9-4-3-8-19(20)22(23,24)25/h3-9,14,17H,10-13,15H2,1-2H3,(H,26,29). The lowest BCUT2D eigenvalue weighted by atomic mass is 10.1. The number of hydrogen-bond donors (Lipinski definition) is 1. The maximum Gasteiger partial charge on any atom is 0.418 e. The number of para-hydroxylation sites is 1. The summed E-state index contributed by atoms with van der Waals surface area (Å²) in [6, 6.07) is 12.9. The lowest BCUT2D eigenvalue weighted by molar-refractivity contribution is -0.137. The van der Waals surface area contributed by atoms with E-state index in [-0.39, 0.29) is 5.69 Å². The monoisotopic (exact) mass is 405 g/mol. The first-order valence-corrected chi connectivity index (χ1v) is 9.73. The van der Waals surface area contributed by atoms with E-state index in [1.807, 2.05) is 11.0 Å². The lowest BCUT2D eigenvalue weighted by Gasteiger charge is -2.37. The van der Waals surface area contributed by atoms with Crippen LogP contribution < -0.4 is 5.32 Å². The fourth-order valence-corrected chi connectivity index (χ4v) is 3.62. The SMILES string of the molecule is Cc1cccc(CN2CCN(C(C)C(=O)Nc3ccccc3C(F)(F)F)CC2)c1. The van der Waals surface area contributed by atoms with Gasteiger partial charge in [-0.15, -0.1) is 0 Å². The number of benzene rings is 2. The minimum Gasteiger partial charge on any atom is -0.324 e. The molecule has 1 aliphatic rings. The van der Waals surface area contributed by atoms with E-state index >= 15 is 0 Å². The highest BCUT2D eigenvalue weighted by Crippen LogP contribution is 2.34. The fraction of sp³-hybridized carbons (Fsp3) is 0.409. The van der Waals surface area contributed by atoms with Crippen LogP contribution in [0.25, 0.3) is 0 Å². The molecule has 0 saturated carbocycles. The molecular formula is C22H26F3N3O. The fourth-order valence-electron chi connectivity index (χ4n) is 3.62. The molecule has 0 spiro atoms. The topological polar surface area (TPSA) is 35.6 Å². The van der Waals surface area contributed by atoms with Gasteiger partial charge in [0.05, 0.1) is 17.3 Å². The third-order valence-electron chi connectivity index (χ3n) is 5.31. The van der Waals surface area contributed by atoms with Crippen LogP contribution in [0.15, 0.2) is 48.5 Å². The smallest absolute Gasteiger partial charge is 0.324 e. The minimum atomic E-state index is -4.51.